The van der Waals surface area contributed by atoms with Gasteiger partial charge in [-0.3, -0.25) is 14.7 Å². The molecule has 0 radical (unpaired) electrons. The zero-order valence-electron chi connectivity index (χ0n) is 19.6. The number of benzene rings is 1. The number of hydrogen-bond acceptors (Lipinski definition) is 4. The molecular weight excluding hydrogens is 492 g/mol. The standard InChI is InChI=1S/C27H29BrN4O2/c1-18-3-4-19(2)25-23(18)6-5-21-16-22(28)17-29-26(21)27(25)31-13-11-30(12-14-31)24(33)15-20-7-9-32(34)10-8-20/h3-4,7-10,16-17,27H,5-6,11-15H2,1-2H3. The van der Waals surface area contributed by atoms with Crippen LogP contribution in [0.5, 0.6) is 0 Å². The zero-order chi connectivity index (χ0) is 23.8. The van der Waals surface area contributed by atoms with Gasteiger partial charge in [-0.05, 0) is 82.1 Å². The second-order valence-corrected chi connectivity index (χ2v) is 10.3. The number of pyridine rings is 2. The summed E-state index contributed by atoms with van der Waals surface area (Å²) in [4.78, 5) is 22.3. The Morgan fingerprint density at radius 1 is 1.09 bits per heavy atom. The van der Waals surface area contributed by atoms with Gasteiger partial charge in [0, 0.05) is 49.0 Å². The third-order valence-corrected chi connectivity index (χ3v) is 7.65. The second-order valence-electron chi connectivity index (χ2n) is 9.35. The van der Waals surface area contributed by atoms with Crippen LogP contribution in [0.3, 0.4) is 0 Å². The van der Waals surface area contributed by atoms with Crippen LogP contribution in [0.15, 0.2) is 53.4 Å². The number of fused-ring (bicyclic) bond motifs is 2. The maximum atomic E-state index is 12.9. The van der Waals surface area contributed by atoms with Gasteiger partial charge in [0.15, 0.2) is 12.4 Å². The summed E-state index contributed by atoms with van der Waals surface area (Å²) in [7, 11) is 0. The van der Waals surface area contributed by atoms with Gasteiger partial charge in [-0.25, -0.2) is 0 Å². The number of aryl methyl sites for hydroxylation is 3. The SMILES string of the molecule is Cc1ccc(C)c2c1CCc1cc(Br)cnc1C2N1CCN(C(=O)Cc2cc[n+]([O-])cc2)CC1. The van der Waals surface area contributed by atoms with Crippen molar-refractivity contribution in [3.05, 3.63) is 97.7 Å². The van der Waals surface area contributed by atoms with E-state index in [1.54, 1.807) is 12.1 Å². The molecular formula is C27H29BrN4O2. The lowest BCUT2D eigenvalue weighted by Crippen LogP contribution is -2.50. The van der Waals surface area contributed by atoms with E-state index in [2.05, 4.69) is 52.9 Å². The lowest BCUT2D eigenvalue weighted by Gasteiger charge is -2.40. The van der Waals surface area contributed by atoms with Crippen LogP contribution in [0, 0.1) is 19.1 Å². The molecule has 1 amide bonds. The van der Waals surface area contributed by atoms with Crippen LogP contribution in [-0.2, 0) is 24.1 Å². The van der Waals surface area contributed by atoms with Crippen LogP contribution in [0.2, 0.25) is 0 Å². The number of carbonyl (C=O) groups is 1. The highest BCUT2D eigenvalue weighted by Gasteiger charge is 2.34. The van der Waals surface area contributed by atoms with Gasteiger partial charge in [-0.2, -0.15) is 4.73 Å². The van der Waals surface area contributed by atoms with Crippen LogP contribution < -0.4 is 4.73 Å². The molecule has 176 valence electrons. The number of piperazine rings is 1. The number of halogens is 1. The van der Waals surface area contributed by atoms with E-state index in [9.17, 15) is 10.0 Å². The van der Waals surface area contributed by atoms with Crippen molar-refractivity contribution in [3.8, 4) is 0 Å². The number of hydrogen-bond donors (Lipinski definition) is 0. The summed E-state index contributed by atoms with van der Waals surface area (Å²) < 4.78 is 1.76. The summed E-state index contributed by atoms with van der Waals surface area (Å²) in [5.41, 5.74) is 8.79. The molecule has 3 heterocycles. The third-order valence-electron chi connectivity index (χ3n) is 7.21. The fraction of sp³-hybridized carbons (Fsp3) is 0.370. The summed E-state index contributed by atoms with van der Waals surface area (Å²) >= 11 is 3.61. The van der Waals surface area contributed by atoms with Gasteiger partial charge in [0.2, 0.25) is 5.91 Å². The van der Waals surface area contributed by atoms with Crippen molar-refractivity contribution in [2.75, 3.05) is 26.2 Å². The predicted octanol–water partition coefficient (Wildman–Crippen LogP) is 3.67. The van der Waals surface area contributed by atoms with E-state index in [0.717, 1.165) is 46.4 Å². The number of amides is 1. The second kappa shape index (κ2) is 9.47. The lowest BCUT2D eigenvalue weighted by molar-refractivity contribution is -0.605. The number of aromatic nitrogens is 2. The van der Waals surface area contributed by atoms with Crippen LogP contribution >= 0.6 is 15.9 Å². The Hall–Kier alpha value is -2.77. The summed E-state index contributed by atoms with van der Waals surface area (Å²) in [6.07, 6.45) is 7.11. The Kier molecular flexibility index (Phi) is 6.40. The monoisotopic (exact) mass is 520 g/mol. The van der Waals surface area contributed by atoms with Crippen molar-refractivity contribution in [3.63, 3.8) is 0 Å². The molecule has 1 unspecified atom stereocenters. The van der Waals surface area contributed by atoms with E-state index in [1.807, 2.05) is 11.1 Å². The molecule has 2 aromatic heterocycles. The van der Waals surface area contributed by atoms with Crippen molar-refractivity contribution in [2.24, 2.45) is 0 Å². The molecule has 0 bridgehead atoms. The lowest BCUT2D eigenvalue weighted by atomic mass is 9.89. The van der Waals surface area contributed by atoms with E-state index < -0.39 is 0 Å². The van der Waals surface area contributed by atoms with Crippen molar-refractivity contribution >= 4 is 21.8 Å². The van der Waals surface area contributed by atoms with Crippen molar-refractivity contribution < 1.29 is 9.52 Å². The Bertz CT molecular complexity index is 1220. The van der Waals surface area contributed by atoms with Gasteiger partial charge >= 0.3 is 0 Å². The normalized spacial score (nSPS) is 18.2. The fourth-order valence-corrected chi connectivity index (χ4v) is 5.75. The van der Waals surface area contributed by atoms with E-state index >= 15 is 0 Å². The van der Waals surface area contributed by atoms with E-state index in [-0.39, 0.29) is 11.9 Å². The molecule has 7 heteroatoms. The minimum absolute atomic E-state index is 0.0966. The van der Waals surface area contributed by atoms with Crippen molar-refractivity contribution in [1.82, 2.24) is 14.8 Å². The molecule has 34 heavy (non-hydrogen) atoms. The van der Waals surface area contributed by atoms with Crippen LogP contribution in [0.1, 0.15) is 45.1 Å². The average molecular weight is 521 g/mol. The molecule has 1 aromatic carbocycles. The average Bonchev–Trinajstić information content (AvgIpc) is 3.00. The summed E-state index contributed by atoms with van der Waals surface area (Å²) in [6.45, 7) is 7.40. The number of nitrogens with zero attached hydrogens (tertiary/aromatic N) is 4. The molecule has 6 nitrogen and oxygen atoms in total. The fourth-order valence-electron chi connectivity index (χ4n) is 5.37. The maximum Gasteiger partial charge on any atom is 0.227 e. The molecule has 1 fully saturated rings. The smallest absolute Gasteiger partial charge is 0.227 e. The Morgan fingerprint density at radius 2 is 1.79 bits per heavy atom. The van der Waals surface area contributed by atoms with Gasteiger partial charge in [-0.15, -0.1) is 0 Å². The maximum absolute atomic E-state index is 12.9. The Morgan fingerprint density at radius 3 is 2.53 bits per heavy atom. The number of carbonyl (C=O) groups excluding carboxylic acids is 1. The minimum atomic E-state index is 0.0966. The molecule has 2 aliphatic rings. The van der Waals surface area contributed by atoms with Crippen LogP contribution in [0.4, 0.5) is 0 Å². The van der Waals surface area contributed by atoms with Gasteiger partial charge in [-0.1, -0.05) is 12.1 Å². The molecule has 1 atom stereocenters. The molecule has 3 aromatic rings. The van der Waals surface area contributed by atoms with Gasteiger partial charge in [0.05, 0.1) is 18.2 Å². The highest BCUT2D eigenvalue weighted by molar-refractivity contribution is 9.10. The van der Waals surface area contributed by atoms with E-state index in [4.69, 9.17) is 4.98 Å². The van der Waals surface area contributed by atoms with E-state index in [0.29, 0.717) is 19.5 Å². The Labute approximate surface area is 208 Å². The largest absolute Gasteiger partial charge is 0.619 e. The van der Waals surface area contributed by atoms with Gasteiger partial charge in [0.25, 0.3) is 0 Å². The number of rotatable bonds is 3. The first-order valence-corrected chi connectivity index (χ1v) is 12.6. The highest BCUT2D eigenvalue weighted by Crippen LogP contribution is 2.39. The molecule has 1 saturated heterocycles. The predicted molar refractivity (Wildman–Crippen MR) is 134 cm³/mol. The van der Waals surface area contributed by atoms with Crippen molar-refractivity contribution in [1.29, 1.82) is 0 Å². The highest BCUT2D eigenvalue weighted by atomic mass is 79.9. The van der Waals surface area contributed by atoms with Gasteiger partial charge < -0.3 is 10.1 Å². The molecule has 1 aliphatic carbocycles. The summed E-state index contributed by atoms with van der Waals surface area (Å²) in [5, 5.41) is 11.3. The minimum Gasteiger partial charge on any atom is -0.619 e. The van der Waals surface area contributed by atoms with Gasteiger partial charge in [0.1, 0.15) is 0 Å². The van der Waals surface area contributed by atoms with E-state index in [1.165, 1.54) is 40.2 Å². The summed E-state index contributed by atoms with van der Waals surface area (Å²) in [5.74, 6) is 0.110. The van der Waals surface area contributed by atoms with Crippen molar-refractivity contribution in [2.45, 2.75) is 39.2 Å². The van der Waals surface area contributed by atoms with Crippen LogP contribution in [0.25, 0.3) is 0 Å². The zero-order valence-corrected chi connectivity index (χ0v) is 21.2. The third kappa shape index (κ3) is 4.46. The first-order chi connectivity index (χ1) is 16.4. The topological polar surface area (TPSA) is 63.4 Å². The molecule has 0 saturated carbocycles. The summed E-state index contributed by atoms with van der Waals surface area (Å²) in [6, 6.07) is 10.2. The quantitative estimate of drug-likeness (QED) is 0.390. The first kappa shape index (κ1) is 23.0. The Balaban J connectivity index is 1.40. The molecule has 1 aliphatic heterocycles. The first-order valence-electron chi connectivity index (χ1n) is 11.8. The molecule has 5 rings (SSSR count). The molecule has 0 N–H and O–H groups in total. The van der Waals surface area contributed by atoms with Crippen LogP contribution in [-0.4, -0.2) is 46.9 Å². The molecule has 0 spiro atoms.